The summed E-state index contributed by atoms with van der Waals surface area (Å²) in [5.41, 5.74) is 1.66. The van der Waals surface area contributed by atoms with Crippen molar-refractivity contribution in [3.8, 4) is 11.5 Å². The Morgan fingerprint density at radius 2 is 1.66 bits per heavy atom. The summed E-state index contributed by atoms with van der Waals surface area (Å²) in [6.07, 6.45) is 0.0343. The molecule has 0 saturated carbocycles. The predicted octanol–water partition coefficient (Wildman–Crippen LogP) is 4.84. The summed E-state index contributed by atoms with van der Waals surface area (Å²) in [5, 5.41) is 2.75. The van der Waals surface area contributed by atoms with Crippen LogP contribution in [0.2, 0.25) is 0 Å². The standard InChI is InChI=1S/C24H26N2O5S/c1-16(2)31-20-13-10-18(11-14-20)24(27)25-19-12-9-17(3)23(15-19)32(28,29)26-21-7-5-6-8-22(21)30-4/h5-16,26H,1-4H3,(H,25,27). The molecule has 0 spiro atoms. The highest BCUT2D eigenvalue weighted by atomic mass is 32.2. The molecule has 0 aliphatic carbocycles. The molecule has 0 aliphatic heterocycles. The van der Waals surface area contributed by atoms with E-state index in [4.69, 9.17) is 9.47 Å². The minimum atomic E-state index is -3.91. The first kappa shape index (κ1) is 23.1. The van der Waals surface area contributed by atoms with Gasteiger partial charge in [0.1, 0.15) is 11.5 Å². The molecule has 0 atom stereocenters. The zero-order chi connectivity index (χ0) is 23.3. The Morgan fingerprint density at radius 1 is 0.969 bits per heavy atom. The topological polar surface area (TPSA) is 93.7 Å². The summed E-state index contributed by atoms with van der Waals surface area (Å²) in [4.78, 5) is 12.7. The molecular weight excluding hydrogens is 428 g/mol. The first-order valence-corrected chi connectivity index (χ1v) is 11.5. The Hall–Kier alpha value is -3.52. The van der Waals surface area contributed by atoms with Crippen LogP contribution in [0.4, 0.5) is 11.4 Å². The van der Waals surface area contributed by atoms with Gasteiger partial charge in [0.2, 0.25) is 0 Å². The summed E-state index contributed by atoms with van der Waals surface area (Å²) < 4.78 is 39.4. The summed E-state index contributed by atoms with van der Waals surface area (Å²) in [6.45, 7) is 5.54. The number of anilines is 2. The van der Waals surface area contributed by atoms with Crippen molar-refractivity contribution in [1.29, 1.82) is 0 Å². The largest absolute Gasteiger partial charge is 0.495 e. The van der Waals surface area contributed by atoms with Gasteiger partial charge in [-0.05, 0) is 74.9 Å². The van der Waals surface area contributed by atoms with E-state index in [0.717, 1.165) is 0 Å². The Morgan fingerprint density at radius 3 is 2.31 bits per heavy atom. The van der Waals surface area contributed by atoms with Gasteiger partial charge in [-0.25, -0.2) is 8.42 Å². The highest BCUT2D eigenvalue weighted by molar-refractivity contribution is 7.92. The van der Waals surface area contributed by atoms with Crippen molar-refractivity contribution in [1.82, 2.24) is 0 Å². The van der Waals surface area contributed by atoms with Gasteiger partial charge >= 0.3 is 0 Å². The van der Waals surface area contributed by atoms with E-state index in [1.54, 1.807) is 67.6 Å². The molecule has 2 N–H and O–H groups in total. The highest BCUT2D eigenvalue weighted by Gasteiger charge is 2.20. The van der Waals surface area contributed by atoms with Crippen LogP contribution in [0.25, 0.3) is 0 Å². The van der Waals surface area contributed by atoms with E-state index in [0.29, 0.717) is 34.0 Å². The maximum absolute atomic E-state index is 13.0. The van der Waals surface area contributed by atoms with Gasteiger partial charge in [-0.2, -0.15) is 0 Å². The molecular formula is C24H26N2O5S. The highest BCUT2D eigenvalue weighted by Crippen LogP contribution is 2.28. The van der Waals surface area contributed by atoms with Crippen LogP contribution in [0.1, 0.15) is 29.8 Å². The van der Waals surface area contributed by atoms with E-state index >= 15 is 0 Å². The molecule has 7 nitrogen and oxygen atoms in total. The van der Waals surface area contributed by atoms with Crippen LogP contribution in [0.3, 0.4) is 0 Å². The molecule has 3 aromatic rings. The number of hydrogen-bond acceptors (Lipinski definition) is 5. The molecule has 3 aromatic carbocycles. The number of aryl methyl sites for hydroxylation is 1. The Balaban J connectivity index is 1.81. The number of methoxy groups -OCH3 is 1. The van der Waals surface area contributed by atoms with Crippen molar-refractivity contribution >= 4 is 27.3 Å². The summed E-state index contributed by atoms with van der Waals surface area (Å²) >= 11 is 0. The average Bonchev–Trinajstić information content (AvgIpc) is 2.75. The van der Waals surface area contributed by atoms with Crippen molar-refractivity contribution in [3.63, 3.8) is 0 Å². The van der Waals surface area contributed by atoms with E-state index in [1.165, 1.54) is 13.2 Å². The molecule has 0 bridgehead atoms. The zero-order valence-electron chi connectivity index (χ0n) is 18.4. The number of rotatable bonds is 8. The van der Waals surface area contributed by atoms with Crippen LogP contribution in [0, 0.1) is 6.92 Å². The monoisotopic (exact) mass is 454 g/mol. The average molecular weight is 455 g/mol. The van der Waals surface area contributed by atoms with Crippen molar-refractivity contribution < 1.29 is 22.7 Å². The number of para-hydroxylation sites is 2. The van der Waals surface area contributed by atoms with Crippen LogP contribution in [-0.2, 0) is 10.0 Å². The van der Waals surface area contributed by atoms with Crippen molar-refractivity contribution in [2.45, 2.75) is 31.8 Å². The van der Waals surface area contributed by atoms with Crippen molar-refractivity contribution in [2.75, 3.05) is 17.1 Å². The third-order valence-corrected chi connectivity index (χ3v) is 6.08. The van der Waals surface area contributed by atoms with E-state index in [9.17, 15) is 13.2 Å². The maximum Gasteiger partial charge on any atom is 0.262 e. The Kier molecular flexibility index (Phi) is 7.05. The first-order valence-electron chi connectivity index (χ1n) is 10.0. The fourth-order valence-corrected chi connectivity index (χ4v) is 4.40. The molecule has 0 aliphatic rings. The van der Waals surface area contributed by atoms with E-state index in [-0.39, 0.29) is 16.9 Å². The van der Waals surface area contributed by atoms with Gasteiger partial charge in [0.05, 0.1) is 23.8 Å². The Bertz CT molecular complexity index is 1210. The molecule has 3 rings (SSSR count). The van der Waals surface area contributed by atoms with Crippen LogP contribution in [0.15, 0.2) is 71.6 Å². The summed E-state index contributed by atoms with van der Waals surface area (Å²) in [5.74, 6) is 0.719. The quantitative estimate of drug-likeness (QED) is 0.508. The van der Waals surface area contributed by atoms with Crippen LogP contribution < -0.4 is 19.5 Å². The lowest BCUT2D eigenvalue weighted by Gasteiger charge is -2.14. The molecule has 0 unspecified atom stereocenters. The Labute approximate surface area is 188 Å². The maximum atomic E-state index is 13.0. The minimum Gasteiger partial charge on any atom is -0.495 e. The van der Waals surface area contributed by atoms with Crippen molar-refractivity contribution in [3.05, 3.63) is 77.9 Å². The molecule has 0 radical (unpaired) electrons. The fourth-order valence-electron chi connectivity index (χ4n) is 3.06. The van der Waals surface area contributed by atoms with Gasteiger partial charge in [0.15, 0.2) is 0 Å². The van der Waals surface area contributed by atoms with Crippen LogP contribution >= 0.6 is 0 Å². The number of carbonyl (C=O) groups is 1. The van der Waals surface area contributed by atoms with E-state index < -0.39 is 10.0 Å². The smallest absolute Gasteiger partial charge is 0.262 e. The molecule has 0 aromatic heterocycles. The third-order valence-electron chi connectivity index (χ3n) is 4.58. The first-order chi connectivity index (χ1) is 15.2. The van der Waals surface area contributed by atoms with Crippen molar-refractivity contribution in [2.24, 2.45) is 0 Å². The van der Waals surface area contributed by atoms with Gasteiger partial charge in [-0.15, -0.1) is 0 Å². The van der Waals surface area contributed by atoms with Gasteiger partial charge in [0.25, 0.3) is 15.9 Å². The zero-order valence-corrected chi connectivity index (χ0v) is 19.2. The molecule has 0 fully saturated rings. The van der Waals surface area contributed by atoms with E-state index in [2.05, 4.69) is 10.0 Å². The molecule has 32 heavy (non-hydrogen) atoms. The SMILES string of the molecule is COc1ccccc1NS(=O)(=O)c1cc(NC(=O)c2ccc(OC(C)C)cc2)ccc1C. The van der Waals surface area contributed by atoms with Gasteiger partial charge < -0.3 is 14.8 Å². The third kappa shape index (κ3) is 5.59. The minimum absolute atomic E-state index is 0.0343. The lowest BCUT2D eigenvalue weighted by Crippen LogP contribution is -2.16. The van der Waals surface area contributed by atoms with Gasteiger partial charge in [0, 0.05) is 11.3 Å². The fraction of sp³-hybridized carbons (Fsp3) is 0.208. The van der Waals surface area contributed by atoms with E-state index in [1.807, 2.05) is 13.8 Å². The molecule has 0 saturated heterocycles. The molecule has 168 valence electrons. The normalized spacial score (nSPS) is 11.2. The molecule has 1 amide bonds. The number of amides is 1. The molecule has 0 heterocycles. The number of hydrogen-bond donors (Lipinski definition) is 2. The lowest BCUT2D eigenvalue weighted by atomic mass is 10.2. The number of sulfonamides is 1. The van der Waals surface area contributed by atoms with Crippen LogP contribution in [0.5, 0.6) is 11.5 Å². The second-order valence-electron chi connectivity index (χ2n) is 7.43. The number of benzene rings is 3. The predicted molar refractivity (Wildman–Crippen MR) is 125 cm³/mol. The molecule has 8 heteroatoms. The number of carbonyl (C=O) groups excluding carboxylic acids is 1. The summed E-state index contributed by atoms with van der Waals surface area (Å²) in [6, 6.07) is 18.2. The second kappa shape index (κ2) is 9.74. The number of ether oxygens (including phenoxy) is 2. The van der Waals surface area contributed by atoms with Crippen LogP contribution in [-0.4, -0.2) is 27.5 Å². The summed E-state index contributed by atoms with van der Waals surface area (Å²) in [7, 11) is -2.45. The van der Waals surface area contributed by atoms with Gasteiger partial charge in [-0.1, -0.05) is 18.2 Å². The number of nitrogens with one attached hydrogen (secondary N) is 2. The van der Waals surface area contributed by atoms with Gasteiger partial charge in [-0.3, -0.25) is 9.52 Å². The second-order valence-corrected chi connectivity index (χ2v) is 9.08. The lowest BCUT2D eigenvalue weighted by molar-refractivity contribution is 0.102.